The number of benzene rings is 1. The Hall–Kier alpha value is -2.54. The second-order valence-electron chi connectivity index (χ2n) is 4.83. The van der Waals surface area contributed by atoms with E-state index in [0.29, 0.717) is 17.1 Å². The molecule has 6 nitrogen and oxygen atoms in total. The molecule has 0 spiro atoms. The lowest BCUT2D eigenvalue weighted by Crippen LogP contribution is -2.08. The zero-order valence-electron chi connectivity index (χ0n) is 12.2. The van der Waals surface area contributed by atoms with Crippen molar-refractivity contribution in [2.75, 3.05) is 0 Å². The third-order valence-electron chi connectivity index (χ3n) is 3.03. The molecule has 1 unspecified atom stereocenters. The molecule has 0 bridgehead atoms. The fourth-order valence-electron chi connectivity index (χ4n) is 2.12. The van der Waals surface area contributed by atoms with Gasteiger partial charge in [-0.3, -0.25) is 0 Å². The molecule has 0 saturated carbocycles. The molecule has 0 aliphatic carbocycles. The van der Waals surface area contributed by atoms with Crippen molar-refractivity contribution >= 4 is 11.6 Å². The minimum Gasteiger partial charge on any atom is -0.443 e. The summed E-state index contributed by atoms with van der Waals surface area (Å²) in [5.74, 6) is 0.206. The van der Waals surface area contributed by atoms with Crippen molar-refractivity contribution in [1.82, 2.24) is 25.2 Å². The van der Waals surface area contributed by atoms with E-state index in [1.807, 2.05) is 18.2 Å². The Balaban J connectivity index is 2.01. The summed E-state index contributed by atoms with van der Waals surface area (Å²) in [7, 11) is 0. The van der Waals surface area contributed by atoms with Gasteiger partial charge in [-0.15, -0.1) is 10.2 Å². The third kappa shape index (κ3) is 3.81. The standard InChI is InChI=1S/C15H13ClFN5O/c1-10(17)23-15-14(12-3-2-4-13(16)6-12)5-11(7-18-15)8-22-20-9-19-21-22/h2-7,9-10H,8H2,1H3. The summed E-state index contributed by atoms with van der Waals surface area (Å²) in [6.07, 6.45) is 1.48. The summed E-state index contributed by atoms with van der Waals surface area (Å²) in [5.41, 5.74) is 2.26. The van der Waals surface area contributed by atoms with Gasteiger partial charge in [0.2, 0.25) is 12.2 Å². The predicted octanol–water partition coefficient (Wildman–Crippen LogP) is 3.13. The Labute approximate surface area is 136 Å². The molecule has 0 fully saturated rings. The maximum Gasteiger partial charge on any atom is 0.237 e. The van der Waals surface area contributed by atoms with Gasteiger partial charge in [0.1, 0.15) is 0 Å². The number of ether oxygens (including phenoxy) is 1. The number of nitrogens with zero attached hydrogens (tertiary/aromatic N) is 5. The average molecular weight is 334 g/mol. The Kier molecular flexibility index (Phi) is 4.47. The first kappa shape index (κ1) is 15.4. The van der Waals surface area contributed by atoms with Crippen LogP contribution in [-0.4, -0.2) is 31.5 Å². The molecule has 118 valence electrons. The quantitative estimate of drug-likeness (QED) is 0.717. The van der Waals surface area contributed by atoms with Crippen molar-refractivity contribution in [3.05, 3.63) is 53.4 Å². The predicted molar refractivity (Wildman–Crippen MR) is 82.8 cm³/mol. The van der Waals surface area contributed by atoms with E-state index in [0.717, 1.165) is 11.1 Å². The van der Waals surface area contributed by atoms with Crippen LogP contribution in [0.15, 0.2) is 42.9 Å². The zero-order valence-corrected chi connectivity index (χ0v) is 13.0. The van der Waals surface area contributed by atoms with Crippen molar-refractivity contribution < 1.29 is 9.13 Å². The van der Waals surface area contributed by atoms with E-state index < -0.39 is 6.36 Å². The number of alkyl halides is 1. The highest BCUT2D eigenvalue weighted by Gasteiger charge is 2.13. The topological polar surface area (TPSA) is 65.7 Å². The highest BCUT2D eigenvalue weighted by atomic mass is 35.5. The van der Waals surface area contributed by atoms with Crippen molar-refractivity contribution in [1.29, 1.82) is 0 Å². The summed E-state index contributed by atoms with van der Waals surface area (Å²) < 4.78 is 18.4. The molecular weight excluding hydrogens is 321 g/mol. The molecular formula is C15H13ClFN5O. The Morgan fingerprint density at radius 2 is 2.22 bits per heavy atom. The highest BCUT2D eigenvalue weighted by Crippen LogP contribution is 2.31. The first-order valence-corrected chi connectivity index (χ1v) is 7.26. The van der Waals surface area contributed by atoms with Crippen LogP contribution in [0.5, 0.6) is 5.88 Å². The van der Waals surface area contributed by atoms with E-state index in [9.17, 15) is 4.39 Å². The van der Waals surface area contributed by atoms with Gasteiger partial charge in [0.25, 0.3) is 0 Å². The van der Waals surface area contributed by atoms with Crippen LogP contribution < -0.4 is 4.74 Å². The lowest BCUT2D eigenvalue weighted by molar-refractivity contribution is 0.0816. The lowest BCUT2D eigenvalue weighted by atomic mass is 10.1. The van der Waals surface area contributed by atoms with E-state index in [-0.39, 0.29) is 5.88 Å². The molecule has 0 aliphatic rings. The number of aromatic nitrogens is 5. The summed E-state index contributed by atoms with van der Waals surface area (Å²) in [6.45, 7) is 1.70. The van der Waals surface area contributed by atoms with Crippen LogP contribution in [0, 0.1) is 0 Å². The smallest absolute Gasteiger partial charge is 0.237 e. The molecule has 0 N–H and O–H groups in total. The Morgan fingerprint density at radius 3 is 2.91 bits per heavy atom. The second kappa shape index (κ2) is 6.70. The molecule has 1 aromatic carbocycles. The van der Waals surface area contributed by atoms with Gasteiger partial charge in [-0.05, 0) is 34.5 Å². The molecule has 0 amide bonds. The van der Waals surface area contributed by atoms with Crippen LogP contribution in [0.4, 0.5) is 4.39 Å². The van der Waals surface area contributed by atoms with Gasteiger partial charge < -0.3 is 4.74 Å². The number of halogens is 2. The van der Waals surface area contributed by atoms with Crippen LogP contribution in [0.25, 0.3) is 11.1 Å². The molecule has 1 atom stereocenters. The van der Waals surface area contributed by atoms with Crippen LogP contribution >= 0.6 is 11.6 Å². The van der Waals surface area contributed by atoms with E-state index in [4.69, 9.17) is 16.3 Å². The third-order valence-corrected chi connectivity index (χ3v) is 3.27. The summed E-state index contributed by atoms with van der Waals surface area (Å²) >= 11 is 6.04. The minimum absolute atomic E-state index is 0.206. The molecule has 3 aromatic rings. The fraction of sp³-hybridized carbons (Fsp3) is 0.200. The largest absolute Gasteiger partial charge is 0.443 e. The number of tetrazole rings is 1. The van der Waals surface area contributed by atoms with Crippen molar-refractivity contribution in [2.24, 2.45) is 0 Å². The van der Waals surface area contributed by atoms with Crippen LogP contribution in [0.3, 0.4) is 0 Å². The van der Waals surface area contributed by atoms with Gasteiger partial charge in [-0.25, -0.2) is 9.37 Å². The maximum absolute atomic E-state index is 13.2. The highest BCUT2D eigenvalue weighted by molar-refractivity contribution is 6.30. The monoisotopic (exact) mass is 333 g/mol. The minimum atomic E-state index is -1.47. The van der Waals surface area contributed by atoms with E-state index >= 15 is 0 Å². The number of hydrogen-bond acceptors (Lipinski definition) is 5. The van der Waals surface area contributed by atoms with Crippen LogP contribution in [0.1, 0.15) is 12.5 Å². The summed E-state index contributed by atoms with van der Waals surface area (Å²) in [5, 5.41) is 12.0. The van der Waals surface area contributed by atoms with Gasteiger partial charge in [-0.1, -0.05) is 23.7 Å². The first-order valence-electron chi connectivity index (χ1n) is 6.88. The maximum atomic E-state index is 13.2. The molecule has 2 aromatic heterocycles. The van der Waals surface area contributed by atoms with Gasteiger partial charge in [0.05, 0.1) is 6.54 Å². The summed E-state index contributed by atoms with van der Waals surface area (Å²) in [6, 6.07) is 9.05. The van der Waals surface area contributed by atoms with Crippen molar-refractivity contribution in [3.8, 4) is 17.0 Å². The molecule has 8 heteroatoms. The van der Waals surface area contributed by atoms with Crippen molar-refractivity contribution in [3.63, 3.8) is 0 Å². The molecule has 3 rings (SSSR count). The van der Waals surface area contributed by atoms with E-state index in [1.165, 1.54) is 18.0 Å². The van der Waals surface area contributed by atoms with Crippen LogP contribution in [0.2, 0.25) is 5.02 Å². The summed E-state index contributed by atoms with van der Waals surface area (Å²) in [4.78, 5) is 5.64. The second-order valence-corrected chi connectivity index (χ2v) is 5.27. The Bertz CT molecular complexity index is 794. The number of pyridine rings is 1. The molecule has 0 aliphatic heterocycles. The zero-order chi connectivity index (χ0) is 16.2. The van der Waals surface area contributed by atoms with Gasteiger partial charge >= 0.3 is 0 Å². The lowest BCUT2D eigenvalue weighted by Gasteiger charge is -2.13. The van der Waals surface area contributed by atoms with Crippen molar-refractivity contribution in [2.45, 2.75) is 19.8 Å². The van der Waals surface area contributed by atoms with E-state index in [1.54, 1.807) is 18.3 Å². The van der Waals surface area contributed by atoms with Crippen LogP contribution in [-0.2, 0) is 6.54 Å². The first-order chi connectivity index (χ1) is 11.1. The Morgan fingerprint density at radius 1 is 1.35 bits per heavy atom. The fourth-order valence-corrected chi connectivity index (χ4v) is 2.31. The van der Waals surface area contributed by atoms with E-state index in [2.05, 4.69) is 20.4 Å². The molecule has 23 heavy (non-hydrogen) atoms. The average Bonchev–Trinajstić information content (AvgIpc) is 3.01. The van der Waals surface area contributed by atoms with Gasteiger partial charge in [-0.2, -0.15) is 4.80 Å². The van der Waals surface area contributed by atoms with Gasteiger partial charge in [0, 0.05) is 23.7 Å². The number of hydrogen-bond donors (Lipinski definition) is 0. The molecule has 0 radical (unpaired) electrons. The number of rotatable bonds is 5. The van der Waals surface area contributed by atoms with Gasteiger partial charge in [0.15, 0.2) is 6.33 Å². The normalized spacial score (nSPS) is 12.1. The SMILES string of the molecule is CC(F)Oc1ncc(Cn2ncnn2)cc1-c1cccc(Cl)c1. The molecule has 0 saturated heterocycles. The molecule has 2 heterocycles.